The maximum Gasteiger partial charge on any atom is 0.274 e. The fourth-order valence-corrected chi connectivity index (χ4v) is 4.90. The molecule has 4 heterocycles. The molecule has 0 aliphatic carbocycles. The van der Waals surface area contributed by atoms with Crippen LogP contribution in [-0.2, 0) is 6.42 Å². The van der Waals surface area contributed by atoms with Crippen molar-refractivity contribution in [2.45, 2.75) is 24.8 Å². The summed E-state index contributed by atoms with van der Waals surface area (Å²) >= 11 is 0. The minimum absolute atomic E-state index is 0.0369. The zero-order valence-electron chi connectivity index (χ0n) is 16.0. The molecule has 0 spiro atoms. The molecule has 1 aromatic carbocycles. The Kier molecular flexibility index (Phi) is 4.46. The molecule has 3 aromatic rings. The second-order valence-corrected chi connectivity index (χ2v) is 7.91. The van der Waals surface area contributed by atoms with Gasteiger partial charge in [-0.2, -0.15) is 0 Å². The summed E-state index contributed by atoms with van der Waals surface area (Å²) in [6.07, 6.45) is 6.41. The van der Waals surface area contributed by atoms with Gasteiger partial charge in [0.05, 0.1) is 6.20 Å². The third kappa shape index (κ3) is 3.24. The number of piperidine rings is 1. The van der Waals surface area contributed by atoms with Crippen LogP contribution >= 0.6 is 0 Å². The molecule has 2 bridgehead atoms. The number of aromatic nitrogens is 3. The predicted molar refractivity (Wildman–Crippen MR) is 109 cm³/mol. The summed E-state index contributed by atoms with van der Waals surface area (Å²) in [7, 11) is 0. The summed E-state index contributed by atoms with van der Waals surface area (Å²) in [5.74, 6) is 0.301. The van der Waals surface area contributed by atoms with E-state index in [2.05, 4.69) is 22.1 Å². The fraction of sp³-hybridized carbons (Fsp3) is 0.304. The van der Waals surface area contributed by atoms with Crippen LogP contribution in [0.25, 0.3) is 0 Å². The number of hydrogen-bond donors (Lipinski definition) is 0. The van der Waals surface area contributed by atoms with Crippen molar-refractivity contribution < 1.29 is 4.79 Å². The van der Waals surface area contributed by atoms with Crippen molar-refractivity contribution in [1.29, 1.82) is 0 Å². The number of benzene rings is 1. The lowest BCUT2D eigenvalue weighted by Gasteiger charge is -2.47. The molecule has 6 nitrogen and oxygen atoms in total. The maximum absolute atomic E-state index is 13.0. The highest BCUT2D eigenvalue weighted by atomic mass is 16.2. The summed E-state index contributed by atoms with van der Waals surface area (Å²) in [6, 6.07) is 15.8. The lowest BCUT2D eigenvalue weighted by Crippen LogP contribution is -2.51. The molecule has 2 aliphatic rings. The average Bonchev–Trinajstić information content (AvgIpc) is 2.77. The van der Waals surface area contributed by atoms with E-state index < -0.39 is 0 Å². The van der Waals surface area contributed by atoms with E-state index in [4.69, 9.17) is 0 Å². The topological polar surface area (TPSA) is 68.1 Å². The van der Waals surface area contributed by atoms with Gasteiger partial charge in [-0.05, 0) is 30.4 Å². The quantitative estimate of drug-likeness (QED) is 0.694. The van der Waals surface area contributed by atoms with Crippen LogP contribution in [0.5, 0.6) is 0 Å². The largest absolute Gasteiger partial charge is 0.336 e. The standard InChI is InChI=1S/C23H22N4O2/c28-22-8-4-7-20-17-12-18(21(27(20)22)11-16-5-2-1-3-6-16)15-26(14-17)23(29)19-13-24-9-10-25-19/h1-10,13,17-18,21H,11-12,14-15H2/t17-,18+,21+/m1/s1. The van der Waals surface area contributed by atoms with Gasteiger partial charge >= 0.3 is 0 Å². The van der Waals surface area contributed by atoms with Crippen LogP contribution in [0.4, 0.5) is 0 Å². The minimum Gasteiger partial charge on any atom is -0.336 e. The molecule has 5 rings (SSSR count). The lowest BCUT2D eigenvalue weighted by atomic mass is 9.76. The van der Waals surface area contributed by atoms with Gasteiger partial charge in [0.2, 0.25) is 0 Å². The number of pyridine rings is 1. The van der Waals surface area contributed by atoms with E-state index in [0.29, 0.717) is 18.8 Å². The molecule has 1 fully saturated rings. The van der Waals surface area contributed by atoms with Gasteiger partial charge in [0.15, 0.2) is 0 Å². The smallest absolute Gasteiger partial charge is 0.274 e. The van der Waals surface area contributed by atoms with Crippen LogP contribution in [0.2, 0.25) is 0 Å². The summed E-state index contributed by atoms with van der Waals surface area (Å²) < 4.78 is 1.98. The number of fused-ring (bicyclic) bond motifs is 4. The molecule has 0 radical (unpaired) electrons. The number of rotatable bonds is 3. The van der Waals surface area contributed by atoms with Crippen molar-refractivity contribution in [3.8, 4) is 0 Å². The Labute approximate surface area is 168 Å². The molecule has 146 valence electrons. The second-order valence-electron chi connectivity index (χ2n) is 7.91. The third-order valence-electron chi connectivity index (χ3n) is 6.16. The van der Waals surface area contributed by atoms with E-state index in [1.54, 1.807) is 18.5 Å². The summed E-state index contributed by atoms with van der Waals surface area (Å²) in [5.41, 5.74) is 2.66. The molecular formula is C23H22N4O2. The molecule has 29 heavy (non-hydrogen) atoms. The highest BCUT2D eigenvalue weighted by Gasteiger charge is 2.42. The Morgan fingerprint density at radius 3 is 2.69 bits per heavy atom. The number of carbonyl (C=O) groups is 1. The third-order valence-corrected chi connectivity index (χ3v) is 6.16. The Morgan fingerprint density at radius 1 is 1.03 bits per heavy atom. The van der Waals surface area contributed by atoms with Crippen LogP contribution in [0.1, 0.15) is 40.1 Å². The normalized spacial score (nSPS) is 22.8. The Morgan fingerprint density at radius 2 is 1.90 bits per heavy atom. The van der Waals surface area contributed by atoms with E-state index in [9.17, 15) is 9.59 Å². The fourth-order valence-electron chi connectivity index (χ4n) is 4.90. The summed E-state index contributed by atoms with van der Waals surface area (Å²) in [4.78, 5) is 35.9. The molecule has 0 saturated carbocycles. The van der Waals surface area contributed by atoms with Gasteiger partial charge in [0.25, 0.3) is 11.5 Å². The van der Waals surface area contributed by atoms with Gasteiger partial charge in [0, 0.05) is 49.2 Å². The second kappa shape index (κ2) is 7.28. The Hall–Kier alpha value is -3.28. The molecule has 0 unspecified atom stereocenters. The Bertz CT molecular complexity index is 1080. The minimum atomic E-state index is -0.0852. The highest BCUT2D eigenvalue weighted by molar-refractivity contribution is 5.92. The first-order chi connectivity index (χ1) is 14.2. The van der Waals surface area contributed by atoms with Gasteiger partial charge in [-0.15, -0.1) is 0 Å². The molecule has 1 amide bonds. The first-order valence-corrected chi connectivity index (χ1v) is 10.0. The predicted octanol–water partition coefficient (Wildman–Crippen LogP) is 2.68. The van der Waals surface area contributed by atoms with Gasteiger partial charge in [-0.3, -0.25) is 14.6 Å². The number of nitrogens with zero attached hydrogens (tertiary/aromatic N) is 4. The van der Waals surface area contributed by atoms with Gasteiger partial charge in [-0.25, -0.2) is 4.98 Å². The SMILES string of the molecule is O=C(c1cnccn1)N1C[C@H]2C[C@@H](C1)[C@H](Cc1ccccc1)n1c2cccc1=O. The molecule has 2 aromatic heterocycles. The van der Waals surface area contributed by atoms with Gasteiger partial charge in [-0.1, -0.05) is 36.4 Å². The van der Waals surface area contributed by atoms with Crippen LogP contribution in [-0.4, -0.2) is 38.4 Å². The molecular weight excluding hydrogens is 364 g/mol. The lowest BCUT2D eigenvalue weighted by molar-refractivity contribution is 0.0523. The van der Waals surface area contributed by atoms with Crippen LogP contribution in [0, 0.1) is 5.92 Å². The van der Waals surface area contributed by atoms with Crippen molar-refractivity contribution in [2.24, 2.45) is 5.92 Å². The van der Waals surface area contributed by atoms with Crippen molar-refractivity contribution in [2.75, 3.05) is 13.1 Å². The van der Waals surface area contributed by atoms with E-state index in [1.165, 1.54) is 11.8 Å². The van der Waals surface area contributed by atoms with Crippen LogP contribution < -0.4 is 5.56 Å². The first-order valence-electron chi connectivity index (χ1n) is 10.0. The van der Waals surface area contributed by atoms with Crippen molar-refractivity contribution in [1.82, 2.24) is 19.4 Å². The van der Waals surface area contributed by atoms with Crippen LogP contribution in [0.15, 0.2) is 71.9 Å². The van der Waals surface area contributed by atoms with E-state index in [-0.39, 0.29) is 29.3 Å². The zero-order valence-corrected chi connectivity index (χ0v) is 16.0. The molecule has 1 saturated heterocycles. The summed E-state index contributed by atoms with van der Waals surface area (Å²) in [6.45, 7) is 1.23. The first kappa shape index (κ1) is 17.8. The molecule has 0 N–H and O–H groups in total. The summed E-state index contributed by atoms with van der Waals surface area (Å²) in [5, 5.41) is 0. The van der Waals surface area contributed by atoms with Crippen molar-refractivity contribution in [3.05, 3.63) is 94.4 Å². The van der Waals surface area contributed by atoms with E-state index in [0.717, 1.165) is 18.5 Å². The Balaban J connectivity index is 1.52. The number of likely N-dealkylation sites (tertiary alicyclic amines) is 1. The van der Waals surface area contributed by atoms with E-state index >= 15 is 0 Å². The monoisotopic (exact) mass is 386 g/mol. The van der Waals surface area contributed by atoms with Crippen molar-refractivity contribution >= 4 is 5.91 Å². The zero-order chi connectivity index (χ0) is 19.8. The molecule has 6 heteroatoms. The van der Waals surface area contributed by atoms with Gasteiger partial charge < -0.3 is 9.47 Å². The van der Waals surface area contributed by atoms with E-state index in [1.807, 2.05) is 39.8 Å². The number of amides is 1. The highest BCUT2D eigenvalue weighted by Crippen LogP contribution is 2.42. The van der Waals surface area contributed by atoms with Gasteiger partial charge in [0.1, 0.15) is 5.69 Å². The molecule has 3 atom stereocenters. The average molecular weight is 386 g/mol. The number of hydrogen-bond acceptors (Lipinski definition) is 4. The van der Waals surface area contributed by atoms with Crippen LogP contribution in [0.3, 0.4) is 0 Å². The maximum atomic E-state index is 13.0. The molecule has 2 aliphatic heterocycles. The van der Waals surface area contributed by atoms with Crippen molar-refractivity contribution in [3.63, 3.8) is 0 Å². The number of carbonyl (C=O) groups excluding carboxylic acids is 1.